The number of nitrogens with zero attached hydrogens (tertiary/aromatic N) is 9. The molecule has 0 radical (unpaired) electrons. The molecule has 0 fully saturated rings. The smallest absolute Gasteiger partial charge is 0.164 e. The molecule has 4 aliphatic carbocycles. The van der Waals surface area contributed by atoms with E-state index in [-0.39, 0.29) is 27.1 Å². The van der Waals surface area contributed by atoms with Crippen LogP contribution in [-0.2, 0) is 21.7 Å². The van der Waals surface area contributed by atoms with Crippen LogP contribution in [0.15, 0.2) is 420 Å². The molecule has 1 unspecified atom stereocenters. The van der Waals surface area contributed by atoms with E-state index in [2.05, 4.69) is 306 Å². The highest BCUT2D eigenvalue weighted by Crippen LogP contribution is 2.61. The van der Waals surface area contributed by atoms with Crippen LogP contribution in [0.4, 0.5) is 0 Å². The van der Waals surface area contributed by atoms with E-state index in [0.717, 1.165) is 116 Å². The second-order valence-corrected chi connectivity index (χ2v) is 41.2. The molecule has 12 heteroatoms. The lowest BCUT2D eigenvalue weighted by Crippen LogP contribution is -2.36. The van der Waals surface area contributed by atoms with Crippen LogP contribution in [0.5, 0.6) is 0 Å². The second kappa shape index (κ2) is 33.3. The summed E-state index contributed by atoms with van der Waals surface area (Å²) < 4.78 is 18.9. The zero-order chi connectivity index (χ0) is 97.2. The van der Waals surface area contributed by atoms with Crippen molar-refractivity contribution in [2.45, 2.75) is 90.9 Å². The Kier molecular flexibility index (Phi) is 20.0. The molecule has 0 aliphatic heterocycles. The average Bonchev–Trinajstić information content (AvgIpc) is 1.53. The Morgan fingerprint density at radius 3 is 0.778 bits per heavy atom. The summed E-state index contributed by atoms with van der Waals surface area (Å²) in [5, 5.41) is 6.98. The van der Waals surface area contributed by atoms with Crippen molar-refractivity contribution in [3.8, 4) is 169 Å². The molecule has 18 aromatic carbocycles. The van der Waals surface area contributed by atoms with Gasteiger partial charge in [0.2, 0.25) is 0 Å². The Bertz CT molecular complexity index is 9230. The van der Waals surface area contributed by atoms with Crippen molar-refractivity contribution in [2.24, 2.45) is 5.41 Å². The Hall–Kier alpha value is -17.6. The molecule has 144 heavy (non-hydrogen) atoms. The third kappa shape index (κ3) is 14.3. The van der Waals surface area contributed by atoms with Crippen molar-refractivity contribution in [1.82, 2.24) is 44.9 Å². The summed E-state index contributed by atoms with van der Waals surface area (Å²) in [4.78, 5) is 44.8. The van der Waals surface area contributed by atoms with Gasteiger partial charge in [0.1, 0.15) is 33.5 Å². The molecule has 688 valence electrons. The van der Waals surface area contributed by atoms with E-state index in [1.54, 1.807) is 0 Å². The quantitative estimate of drug-likeness (QED) is 0.121. The third-order valence-electron chi connectivity index (χ3n) is 30.8. The number of hydrogen-bond acceptors (Lipinski definition) is 12. The first-order chi connectivity index (χ1) is 70.1. The number of benzene rings is 18. The Balaban J connectivity index is 0.000000110. The summed E-state index contributed by atoms with van der Waals surface area (Å²) in [7, 11) is 0. The molecular formula is C132H97N9O3. The van der Waals surface area contributed by atoms with Gasteiger partial charge in [0.15, 0.2) is 52.4 Å². The van der Waals surface area contributed by atoms with Gasteiger partial charge in [-0.15, -0.1) is 0 Å². The minimum Gasteiger partial charge on any atom is -0.456 e. The summed E-state index contributed by atoms with van der Waals surface area (Å²) in [6.45, 7) is 23.4. The minimum absolute atomic E-state index is 0.0484. The first-order valence-corrected chi connectivity index (χ1v) is 49.4. The number of furan rings is 3. The van der Waals surface area contributed by atoms with Crippen LogP contribution >= 0.6 is 0 Å². The molecule has 4 aliphatic rings. The van der Waals surface area contributed by atoms with Crippen LogP contribution in [0, 0.1) is 5.41 Å². The van der Waals surface area contributed by atoms with E-state index in [9.17, 15) is 0 Å². The van der Waals surface area contributed by atoms with Crippen molar-refractivity contribution in [2.75, 3.05) is 0 Å². The van der Waals surface area contributed by atoms with Crippen LogP contribution in [0.1, 0.15) is 114 Å². The maximum atomic E-state index is 6.35. The zero-order valence-electron chi connectivity index (χ0n) is 81.4. The zero-order valence-corrected chi connectivity index (χ0v) is 81.4. The highest BCUT2D eigenvalue weighted by molar-refractivity contribution is 6.11. The second-order valence-electron chi connectivity index (χ2n) is 41.2. The maximum Gasteiger partial charge on any atom is 0.164 e. The topological polar surface area (TPSA) is 155 Å². The van der Waals surface area contributed by atoms with Crippen LogP contribution < -0.4 is 0 Å². The molecule has 0 spiro atoms. The molecule has 6 heterocycles. The van der Waals surface area contributed by atoms with Gasteiger partial charge in [-0.2, -0.15) is 0 Å². The molecule has 1 atom stereocenters. The summed E-state index contributed by atoms with van der Waals surface area (Å²) in [6, 6.07) is 142. The summed E-state index contributed by atoms with van der Waals surface area (Å²) >= 11 is 0. The number of para-hydroxylation sites is 3. The fraction of sp³-hybridized carbons (Fsp3) is 0.114. The molecule has 6 aromatic heterocycles. The lowest BCUT2D eigenvalue weighted by Gasteiger charge is -2.41. The standard InChI is InChI=1S/C45H33N3O.C45H35N3O.C42H29N3O/c1-44(2)35-16-10-8-14-29(35)30-20-18-27(22-36(30)44)42-46-41(26-12-6-5-7-13-26)47-43(48-42)28-19-21-31-33-25-40-34(32-15-9-11-17-39(32)49-40)24-38(33)45(3,4)37(31)23-28;1-44(2,3)45(4)37-25-31(22-23-33(37)35-27-40-36(26-38(35)45)34-20-11-12-21-39(34)49-40)30-18-13-19-32(24-30)43-47-41(28-14-7-5-8-15-28)46-42(48-43)29-16-9-6-10-17-29;1-42(2)35-23-30(21-22-31(35)33-25-38-34(24-36(33)42)32-15-9-10-16-37(32)46-38)26-17-19-29(20-18-26)41-44-39(27-11-5-3-6-12-27)43-40(45-41)28-13-7-4-8-14-28/h5-25H,1-4H3;5-27H,1-4H3;3-25H,1-2H3. The molecule has 12 nitrogen and oxygen atoms in total. The summed E-state index contributed by atoms with van der Waals surface area (Å²) in [6.07, 6.45) is 0. The molecule has 0 saturated heterocycles. The van der Waals surface area contributed by atoms with Gasteiger partial charge in [0.25, 0.3) is 0 Å². The van der Waals surface area contributed by atoms with Crippen LogP contribution in [-0.4, -0.2) is 44.9 Å². The summed E-state index contributed by atoms with van der Waals surface area (Å²) in [5.41, 5.74) is 38.8. The van der Waals surface area contributed by atoms with Gasteiger partial charge in [-0.1, -0.05) is 391 Å². The fourth-order valence-corrected chi connectivity index (χ4v) is 22.7. The van der Waals surface area contributed by atoms with E-state index < -0.39 is 0 Å². The molecule has 0 N–H and O–H groups in total. The van der Waals surface area contributed by atoms with Gasteiger partial charge < -0.3 is 13.3 Å². The molecule has 28 rings (SSSR count). The average molecular weight is 1860 g/mol. The highest BCUT2D eigenvalue weighted by Gasteiger charge is 2.49. The lowest BCUT2D eigenvalue weighted by molar-refractivity contribution is 0.255. The van der Waals surface area contributed by atoms with Crippen LogP contribution in [0.2, 0.25) is 0 Å². The first-order valence-electron chi connectivity index (χ1n) is 49.4. The maximum absolute atomic E-state index is 6.35. The van der Waals surface area contributed by atoms with E-state index in [1.165, 1.54) is 111 Å². The van der Waals surface area contributed by atoms with Gasteiger partial charge in [0.05, 0.1) is 0 Å². The highest BCUT2D eigenvalue weighted by atomic mass is 16.3. The number of hydrogen-bond donors (Lipinski definition) is 0. The normalized spacial score (nSPS) is 14.5. The van der Waals surface area contributed by atoms with E-state index in [0.29, 0.717) is 52.4 Å². The number of aromatic nitrogens is 9. The molecular weight excluding hydrogens is 1760 g/mol. The van der Waals surface area contributed by atoms with Crippen molar-refractivity contribution >= 4 is 65.8 Å². The largest absolute Gasteiger partial charge is 0.456 e. The third-order valence-corrected chi connectivity index (χ3v) is 30.8. The predicted octanol–water partition coefficient (Wildman–Crippen LogP) is 33.9. The van der Waals surface area contributed by atoms with Gasteiger partial charge >= 0.3 is 0 Å². The van der Waals surface area contributed by atoms with Crippen molar-refractivity contribution < 1.29 is 13.3 Å². The van der Waals surface area contributed by atoms with E-state index in [1.807, 2.05) is 170 Å². The van der Waals surface area contributed by atoms with E-state index >= 15 is 0 Å². The molecule has 24 aromatic rings. The predicted molar refractivity (Wildman–Crippen MR) is 585 cm³/mol. The lowest BCUT2D eigenvalue weighted by atomic mass is 9.62. The number of fused-ring (bicyclic) bond motifs is 21. The monoisotopic (exact) mass is 1860 g/mol. The Labute approximate surface area is 834 Å². The first kappa shape index (κ1) is 86.7. The Morgan fingerprint density at radius 1 is 0.160 bits per heavy atom. The summed E-state index contributed by atoms with van der Waals surface area (Å²) in [5.74, 6) is 5.95. The van der Waals surface area contributed by atoms with Crippen LogP contribution in [0.25, 0.3) is 235 Å². The fourth-order valence-electron chi connectivity index (χ4n) is 22.7. The Morgan fingerprint density at radius 2 is 0.389 bits per heavy atom. The van der Waals surface area contributed by atoms with Gasteiger partial charge in [-0.3, -0.25) is 0 Å². The van der Waals surface area contributed by atoms with Gasteiger partial charge in [0, 0.05) is 104 Å². The minimum atomic E-state index is -0.221. The number of rotatable bonds is 11. The van der Waals surface area contributed by atoms with Gasteiger partial charge in [-0.05, 0) is 202 Å². The SMILES string of the molecule is CC(C)(C)C1(C)c2cc(-c3cccc(-c4nc(-c5ccccc5)nc(-c5ccccc5)n4)c3)ccc2-c2cc3oc4ccccc4c3cc21.CC1(C)c2cc(-c3ccc(-c4nc(-c5ccccc5)nc(-c5ccccc5)n4)cc3)ccc2-c2cc3oc4ccccc4c3cc21.CC1(C)c2ccccc2-c2ccc(-c3nc(-c4ccccc4)nc(-c4ccc5c(c4)C(C)(C)c4cc6c(cc4-5)oc4ccccc46)n3)cc21. The molecule has 0 amide bonds. The molecule has 0 saturated carbocycles. The van der Waals surface area contributed by atoms with Crippen molar-refractivity contribution in [3.05, 3.63) is 451 Å². The van der Waals surface area contributed by atoms with Crippen LogP contribution in [0.3, 0.4) is 0 Å². The molecule has 0 bridgehead atoms. The van der Waals surface area contributed by atoms with Crippen molar-refractivity contribution in [3.63, 3.8) is 0 Å². The van der Waals surface area contributed by atoms with E-state index in [4.69, 9.17) is 58.1 Å². The van der Waals surface area contributed by atoms with Gasteiger partial charge in [-0.25, -0.2) is 44.9 Å². The van der Waals surface area contributed by atoms with Crippen molar-refractivity contribution in [1.29, 1.82) is 0 Å².